The molecule has 0 aromatic carbocycles. The summed E-state index contributed by atoms with van der Waals surface area (Å²) >= 11 is 1.66. The summed E-state index contributed by atoms with van der Waals surface area (Å²) in [5.74, 6) is 1.23. The van der Waals surface area contributed by atoms with Crippen molar-refractivity contribution < 1.29 is 18.0 Å². The van der Waals surface area contributed by atoms with Crippen molar-refractivity contribution in [1.82, 2.24) is 15.5 Å². The second kappa shape index (κ2) is 8.37. The van der Waals surface area contributed by atoms with E-state index in [1.807, 2.05) is 6.92 Å². The number of hydrogen-bond acceptors (Lipinski definition) is 6. The summed E-state index contributed by atoms with van der Waals surface area (Å²) in [5, 5.41) is 5.80. The summed E-state index contributed by atoms with van der Waals surface area (Å²) in [6.45, 7) is 2.26. The lowest BCUT2D eigenvalue weighted by Crippen LogP contribution is -2.49. The van der Waals surface area contributed by atoms with Crippen molar-refractivity contribution in [2.24, 2.45) is 0 Å². The van der Waals surface area contributed by atoms with E-state index in [9.17, 15) is 18.0 Å². The van der Waals surface area contributed by atoms with Gasteiger partial charge in [-0.3, -0.25) is 14.9 Å². The Kier molecular flexibility index (Phi) is 7.43. The van der Waals surface area contributed by atoms with Gasteiger partial charge in [0.05, 0.1) is 24.1 Å². The van der Waals surface area contributed by atoms with Gasteiger partial charge in [0.15, 0.2) is 9.84 Å². The Hall–Kier alpha value is -0.510. The van der Waals surface area contributed by atoms with Crippen LogP contribution < -0.4 is 10.6 Å². The normalized spacial score (nSPS) is 26.2. The van der Waals surface area contributed by atoms with Crippen molar-refractivity contribution in [3.63, 3.8) is 0 Å². The topological polar surface area (TPSA) is 95.6 Å². The van der Waals surface area contributed by atoms with E-state index in [4.69, 9.17) is 0 Å². The van der Waals surface area contributed by atoms with Gasteiger partial charge in [0.25, 0.3) is 0 Å². The molecule has 2 N–H and O–H groups in total. The van der Waals surface area contributed by atoms with E-state index in [1.165, 1.54) is 4.90 Å². The van der Waals surface area contributed by atoms with Crippen LogP contribution in [0.4, 0.5) is 0 Å². The fourth-order valence-electron chi connectivity index (χ4n) is 2.48. The van der Waals surface area contributed by atoms with Gasteiger partial charge >= 0.3 is 0 Å². The molecule has 2 aliphatic heterocycles. The molecule has 2 aliphatic rings. The zero-order valence-corrected chi connectivity index (χ0v) is 14.9. The van der Waals surface area contributed by atoms with Crippen LogP contribution in [0.15, 0.2) is 0 Å². The maximum absolute atomic E-state index is 12.2. The minimum Gasteiger partial charge on any atom is -0.351 e. The van der Waals surface area contributed by atoms with Gasteiger partial charge in [-0.2, -0.15) is 0 Å². The van der Waals surface area contributed by atoms with Crippen molar-refractivity contribution in [2.45, 2.75) is 25.4 Å². The lowest BCUT2D eigenvalue weighted by Gasteiger charge is -2.24. The lowest BCUT2D eigenvalue weighted by molar-refractivity contribution is -0.137. The SMILES string of the molecule is CCN(CC(=O)NC1CCS(=O)(=O)C1)C(=O)[C@H]1CSCN1.Cl. The number of nitrogens with zero attached hydrogens (tertiary/aromatic N) is 1. The average Bonchev–Trinajstić information content (AvgIpc) is 3.05. The van der Waals surface area contributed by atoms with Crippen LogP contribution in [-0.4, -0.2) is 73.4 Å². The number of nitrogens with one attached hydrogen (secondary N) is 2. The van der Waals surface area contributed by atoms with Crippen LogP contribution in [0.5, 0.6) is 0 Å². The van der Waals surface area contributed by atoms with Crippen molar-refractivity contribution in [2.75, 3.05) is 36.2 Å². The Morgan fingerprint density at radius 1 is 1.41 bits per heavy atom. The molecule has 2 fully saturated rings. The zero-order chi connectivity index (χ0) is 15.5. The van der Waals surface area contributed by atoms with Crippen molar-refractivity contribution in [1.29, 1.82) is 0 Å². The Morgan fingerprint density at radius 3 is 2.64 bits per heavy atom. The number of hydrogen-bond donors (Lipinski definition) is 2. The van der Waals surface area contributed by atoms with E-state index in [1.54, 1.807) is 11.8 Å². The van der Waals surface area contributed by atoms with Crippen molar-refractivity contribution >= 4 is 45.8 Å². The molecular formula is C12H22ClN3O4S2. The third kappa shape index (κ3) is 5.29. The quantitative estimate of drug-likeness (QED) is 0.658. The Morgan fingerprint density at radius 2 is 2.14 bits per heavy atom. The molecule has 2 saturated heterocycles. The summed E-state index contributed by atoms with van der Waals surface area (Å²) in [4.78, 5) is 25.7. The minimum absolute atomic E-state index is 0. The second-order valence-corrected chi connectivity index (χ2v) is 8.55. The fourth-order valence-corrected chi connectivity index (χ4v) is 5.08. The maximum atomic E-state index is 12.2. The summed E-state index contributed by atoms with van der Waals surface area (Å²) in [6.07, 6.45) is 0.453. The number of thioether (sulfide) groups is 1. The Labute approximate surface area is 141 Å². The molecule has 2 heterocycles. The van der Waals surface area contributed by atoms with E-state index >= 15 is 0 Å². The third-order valence-corrected chi connectivity index (χ3v) is 6.35. The molecule has 0 saturated carbocycles. The summed E-state index contributed by atoms with van der Waals surface area (Å²) in [6, 6.07) is -0.550. The zero-order valence-electron chi connectivity index (χ0n) is 12.4. The first kappa shape index (κ1) is 19.5. The Bertz CT molecular complexity index is 509. The Balaban J connectivity index is 0.00000242. The van der Waals surface area contributed by atoms with Crippen molar-refractivity contribution in [3.8, 4) is 0 Å². The first-order valence-corrected chi connectivity index (χ1v) is 9.98. The molecule has 0 spiro atoms. The van der Waals surface area contributed by atoms with Crippen molar-refractivity contribution in [3.05, 3.63) is 0 Å². The standard InChI is InChI=1S/C12H21N3O4S2.ClH/c1-2-15(12(17)10-6-20-8-13-10)5-11(16)14-9-3-4-21(18,19)7-9;/h9-10,13H,2-8H2,1H3,(H,14,16);1H/t9?,10-;/m1./s1. The highest BCUT2D eigenvalue weighted by atomic mass is 35.5. The highest BCUT2D eigenvalue weighted by Gasteiger charge is 2.31. The maximum Gasteiger partial charge on any atom is 0.241 e. The molecule has 128 valence electrons. The smallest absolute Gasteiger partial charge is 0.241 e. The van der Waals surface area contributed by atoms with Gasteiger partial charge in [-0.15, -0.1) is 24.2 Å². The summed E-state index contributed by atoms with van der Waals surface area (Å²) in [5.41, 5.74) is 0. The average molecular weight is 372 g/mol. The summed E-state index contributed by atoms with van der Waals surface area (Å²) < 4.78 is 22.7. The molecule has 0 aliphatic carbocycles. The van der Waals surface area contributed by atoms with Crippen LogP contribution in [-0.2, 0) is 19.4 Å². The third-order valence-electron chi connectivity index (χ3n) is 3.64. The highest BCUT2D eigenvalue weighted by molar-refractivity contribution is 7.99. The van der Waals surface area contributed by atoms with Crippen LogP contribution in [0, 0.1) is 0 Å². The van der Waals surface area contributed by atoms with Crippen LogP contribution in [0.1, 0.15) is 13.3 Å². The molecule has 22 heavy (non-hydrogen) atoms. The largest absolute Gasteiger partial charge is 0.351 e. The van der Waals surface area contributed by atoms with E-state index < -0.39 is 9.84 Å². The van der Waals surface area contributed by atoms with Crippen LogP contribution >= 0.6 is 24.2 Å². The molecule has 10 heteroatoms. The highest BCUT2D eigenvalue weighted by Crippen LogP contribution is 2.13. The number of likely N-dealkylation sites (N-methyl/N-ethyl adjacent to an activating group) is 1. The molecule has 2 rings (SSSR count). The van der Waals surface area contributed by atoms with E-state index in [0.717, 1.165) is 11.6 Å². The first-order chi connectivity index (χ1) is 9.91. The molecule has 0 aromatic heterocycles. The minimum atomic E-state index is -3.01. The van der Waals surface area contributed by atoms with Gasteiger partial charge in [0.2, 0.25) is 11.8 Å². The van der Waals surface area contributed by atoms with E-state index in [-0.39, 0.29) is 54.4 Å². The fraction of sp³-hybridized carbons (Fsp3) is 0.833. The molecule has 2 amide bonds. The molecule has 1 unspecified atom stereocenters. The van der Waals surface area contributed by atoms with E-state index in [0.29, 0.717) is 13.0 Å². The number of carbonyl (C=O) groups excluding carboxylic acids is 2. The predicted molar refractivity (Wildman–Crippen MR) is 89.0 cm³/mol. The molecule has 0 aromatic rings. The van der Waals surface area contributed by atoms with Gasteiger partial charge < -0.3 is 10.2 Å². The molecule has 0 bridgehead atoms. The van der Waals surface area contributed by atoms with Gasteiger partial charge in [-0.25, -0.2) is 8.42 Å². The van der Waals surface area contributed by atoms with Gasteiger partial charge in [-0.1, -0.05) is 0 Å². The molecular weight excluding hydrogens is 350 g/mol. The van der Waals surface area contributed by atoms with Crippen LogP contribution in [0.3, 0.4) is 0 Å². The molecule has 0 radical (unpaired) electrons. The number of sulfone groups is 1. The number of rotatable bonds is 5. The molecule has 7 nitrogen and oxygen atoms in total. The number of halogens is 1. The second-order valence-electron chi connectivity index (χ2n) is 5.29. The predicted octanol–water partition coefficient (Wildman–Crippen LogP) is -0.777. The first-order valence-electron chi connectivity index (χ1n) is 7.01. The lowest BCUT2D eigenvalue weighted by atomic mass is 10.2. The summed E-state index contributed by atoms with van der Waals surface area (Å²) in [7, 11) is -3.01. The number of amides is 2. The van der Waals surface area contributed by atoms with Crippen LogP contribution in [0.2, 0.25) is 0 Å². The van der Waals surface area contributed by atoms with Gasteiger partial charge in [-0.05, 0) is 13.3 Å². The van der Waals surface area contributed by atoms with Gasteiger partial charge in [0, 0.05) is 24.2 Å². The molecule has 2 atom stereocenters. The number of carbonyl (C=O) groups is 2. The monoisotopic (exact) mass is 371 g/mol. The van der Waals surface area contributed by atoms with Gasteiger partial charge in [0.1, 0.15) is 0 Å². The van der Waals surface area contributed by atoms with E-state index in [2.05, 4.69) is 10.6 Å². The van der Waals surface area contributed by atoms with Crippen LogP contribution in [0.25, 0.3) is 0 Å².